The van der Waals surface area contributed by atoms with Crippen LogP contribution in [0.3, 0.4) is 0 Å². The number of hydrogen-bond donors (Lipinski definition) is 1. The van der Waals surface area contributed by atoms with Gasteiger partial charge in [0.25, 0.3) is 0 Å². The fourth-order valence-electron chi connectivity index (χ4n) is 1.64. The number of hydrogen-bond acceptors (Lipinski definition) is 3. The Bertz CT molecular complexity index is 180. The van der Waals surface area contributed by atoms with Gasteiger partial charge in [-0.15, -0.1) is 0 Å². The molecule has 15 heavy (non-hydrogen) atoms. The molecule has 0 heterocycles. The average molecular weight is 216 g/mol. The number of esters is 1. The Morgan fingerprint density at radius 2 is 2.00 bits per heavy atom. The van der Waals surface area contributed by atoms with Crippen molar-refractivity contribution < 1.29 is 14.6 Å². The van der Waals surface area contributed by atoms with E-state index in [9.17, 15) is 9.90 Å². The van der Waals surface area contributed by atoms with Crippen molar-refractivity contribution in [1.29, 1.82) is 0 Å². The molecule has 3 nitrogen and oxygen atoms in total. The Hall–Kier alpha value is -0.570. The van der Waals surface area contributed by atoms with Crippen LogP contribution in [0.4, 0.5) is 0 Å². The first-order valence-corrected chi connectivity index (χ1v) is 5.84. The molecule has 90 valence electrons. The van der Waals surface area contributed by atoms with Crippen molar-refractivity contribution in [1.82, 2.24) is 0 Å². The minimum absolute atomic E-state index is 0.144. The van der Waals surface area contributed by atoms with Crippen molar-refractivity contribution in [3.05, 3.63) is 0 Å². The summed E-state index contributed by atoms with van der Waals surface area (Å²) in [7, 11) is 1.38. The lowest BCUT2D eigenvalue weighted by molar-refractivity contribution is -0.151. The van der Waals surface area contributed by atoms with Gasteiger partial charge in [-0.25, -0.2) is 0 Å². The van der Waals surface area contributed by atoms with E-state index in [1.54, 1.807) is 0 Å². The lowest BCUT2D eigenvalue weighted by Crippen LogP contribution is -2.34. The number of carbonyl (C=O) groups is 1. The summed E-state index contributed by atoms with van der Waals surface area (Å²) < 4.78 is 4.73. The molecule has 0 aliphatic heterocycles. The van der Waals surface area contributed by atoms with Gasteiger partial charge in [-0.2, -0.15) is 0 Å². The lowest BCUT2D eigenvalue weighted by atomic mass is 9.87. The first-order valence-electron chi connectivity index (χ1n) is 5.84. The molecule has 0 spiro atoms. The van der Waals surface area contributed by atoms with Gasteiger partial charge in [0.1, 0.15) is 0 Å². The van der Waals surface area contributed by atoms with Crippen molar-refractivity contribution >= 4 is 5.97 Å². The van der Waals surface area contributed by atoms with E-state index in [4.69, 9.17) is 4.74 Å². The smallest absolute Gasteiger partial charge is 0.311 e. The van der Waals surface area contributed by atoms with E-state index < -0.39 is 6.10 Å². The molecule has 0 bridgehead atoms. The second-order valence-corrected chi connectivity index (χ2v) is 4.15. The van der Waals surface area contributed by atoms with Crippen molar-refractivity contribution in [2.75, 3.05) is 7.11 Å². The zero-order valence-corrected chi connectivity index (χ0v) is 10.3. The van der Waals surface area contributed by atoms with E-state index in [1.807, 2.05) is 13.8 Å². The molecule has 3 unspecified atom stereocenters. The first kappa shape index (κ1) is 14.4. The number of methoxy groups -OCH3 is 1. The van der Waals surface area contributed by atoms with Crippen LogP contribution >= 0.6 is 0 Å². The van der Waals surface area contributed by atoms with Gasteiger partial charge in [0.05, 0.1) is 19.1 Å². The normalized spacial score (nSPS) is 16.9. The maximum atomic E-state index is 11.5. The van der Waals surface area contributed by atoms with E-state index in [2.05, 4.69) is 6.92 Å². The molecular formula is C12H24O3. The molecular weight excluding hydrogens is 192 g/mol. The number of ether oxygens (including phenoxy) is 1. The summed E-state index contributed by atoms with van der Waals surface area (Å²) in [5.41, 5.74) is 0. The van der Waals surface area contributed by atoms with E-state index in [-0.39, 0.29) is 17.8 Å². The van der Waals surface area contributed by atoms with Crippen molar-refractivity contribution in [2.24, 2.45) is 11.8 Å². The van der Waals surface area contributed by atoms with E-state index >= 15 is 0 Å². The van der Waals surface area contributed by atoms with Crippen LogP contribution in [0, 0.1) is 11.8 Å². The minimum Gasteiger partial charge on any atom is -0.469 e. The van der Waals surface area contributed by atoms with Crippen LogP contribution in [0.5, 0.6) is 0 Å². The van der Waals surface area contributed by atoms with Gasteiger partial charge in [-0.05, 0) is 12.3 Å². The largest absolute Gasteiger partial charge is 0.469 e. The zero-order valence-electron chi connectivity index (χ0n) is 10.3. The van der Waals surface area contributed by atoms with Gasteiger partial charge in [-0.3, -0.25) is 4.79 Å². The van der Waals surface area contributed by atoms with Crippen LogP contribution in [-0.4, -0.2) is 24.3 Å². The van der Waals surface area contributed by atoms with Gasteiger partial charge in [0.2, 0.25) is 0 Å². The summed E-state index contributed by atoms with van der Waals surface area (Å²) in [6, 6.07) is 0. The van der Waals surface area contributed by atoms with Gasteiger partial charge in [0, 0.05) is 0 Å². The molecule has 0 aromatic heterocycles. The molecule has 3 heteroatoms. The van der Waals surface area contributed by atoms with Crippen LogP contribution in [0.1, 0.15) is 46.5 Å². The quantitative estimate of drug-likeness (QED) is 0.665. The van der Waals surface area contributed by atoms with E-state index in [0.29, 0.717) is 6.42 Å². The maximum Gasteiger partial charge on any atom is 0.311 e. The third-order valence-electron chi connectivity index (χ3n) is 3.01. The van der Waals surface area contributed by atoms with Crippen molar-refractivity contribution in [3.8, 4) is 0 Å². The minimum atomic E-state index is -0.575. The molecule has 0 aromatic rings. The lowest BCUT2D eigenvalue weighted by Gasteiger charge is -2.25. The molecule has 1 N–H and O–H groups in total. The zero-order chi connectivity index (χ0) is 11.8. The summed E-state index contributed by atoms with van der Waals surface area (Å²) in [5.74, 6) is -0.493. The Labute approximate surface area is 92.8 Å². The highest BCUT2D eigenvalue weighted by Crippen LogP contribution is 2.22. The van der Waals surface area contributed by atoms with E-state index in [1.165, 1.54) is 7.11 Å². The van der Waals surface area contributed by atoms with Crippen LogP contribution in [-0.2, 0) is 9.53 Å². The third kappa shape index (κ3) is 4.65. The molecule has 0 radical (unpaired) electrons. The molecule has 0 aromatic carbocycles. The van der Waals surface area contributed by atoms with Crippen molar-refractivity contribution in [2.45, 2.75) is 52.6 Å². The number of rotatable bonds is 7. The Morgan fingerprint density at radius 3 is 2.40 bits per heavy atom. The predicted octanol–water partition coefficient (Wildman–Crippen LogP) is 2.37. The average Bonchev–Trinajstić information content (AvgIpc) is 2.27. The Balaban J connectivity index is 4.39. The topological polar surface area (TPSA) is 46.5 Å². The van der Waals surface area contributed by atoms with Gasteiger partial charge >= 0.3 is 5.97 Å². The van der Waals surface area contributed by atoms with Crippen LogP contribution in [0.15, 0.2) is 0 Å². The third-order valence-corrected chi connectivity index (χ3v) is 3.01. The monoisotopic (exact) mass is 216 g/mol. The fourth-order valence-corrected chi connectivity index (χ4v) is 1.64. The summed E-state index contributed by atoms with van der Waals surface area (Å²) in [6.45, 7) is 6.05. The fraction of sp³-hybridized carbons (Fsp3) is 0.917. The van der Waals surface area contributed by atoms with Crippen LogP contribution in [0.2, 0.25) is 0 Å². The standard InChI is InChI=1S/C12H24O3/c1-5-7-8-10(12(14)15-4)11(13)9(3)6-2/h9-11,13H,5-8H2,1-4H3. The van der Waals surface area contributed by atoms with Gasteiger partial charge < -0.3 is 9.84 Å². The van der Waals surface area contributed by atoms with Crippen molar-refractivity contribution in [3.63, 3.8) is 0 Å². The molecule has 3 atom stereocenters. The SMILES string of the molecule is CCCCC(C(=O)OC)C(O)C(C)CC. The molecule has 0 saturated carbocycles. The highest BCUT2D eigenvalue weighted by Gasteiger charge is 2.30. The molecule has 0 rings (SSSR count). The summed E-state index contributed by atoms with van der Waals surface area (Å²) in [4.78, 5) is 11.5. The molecule has 0 saturated heterocycles. The number of carbonyl (C=O) groups excluding carboxylic acids is 1. The molecule has 0 aliphatic carbocycles. The first-order chi connectivity index (χ1) is 7.08. The van der Waals surface area contributed by atoms with E-state index in [0.717, 1.165) is 19.3 Å². The van der Waals surface area contributed by atoms with Crippen LogP contribution < -0.4 is 0 Å². The van der Waals surface area contributed by atoms with Gasteiger partial charge in [-0.1, -0.05) is 40.0 Å². The Kier molecular flexibility index (Phi) is 7.39. The molecule has 0 fully saturated rings. The second-order valence-electron chi connectivity index (χ2n) is 4.15. The van der Waals surface area contributed by atoms with Gasteiger partial charge in [0.15, 0.2) is 0 Å². The molecule has 0 amide bonds. The number of unbranched alkanes of at least 4 members (excludes halogenated alkanes) is 1. The Morgan fingerprint density at radius 1 is 1.40 bits per heavy atom. The second kappa shape index (κ2) is 7.69. The summed E-state index contributed by atoms with van der Waals surface area (Å²) >= 11 is 0. The summed E-state index contributed by atoms with van der Waals surface area (Å²) in [6.07, 6.45) is 3.00. The predicted molar refractivity (Wildman–Crippen MR) is 60.5 cm³/mol. The molecule has 0 aliphatic rings. The maximum absolute atomic E-state index is 11.5. The number of aliphatic hydroxyl groups is 1. The number of aliphatic hydroxyl groups excluding tert-OH is 1. The highest BCUT2D eigenvalue weighted by atomic mass is 16.5. The van der Waals surface area contributed by atoms with Crippen LogP contribution in [0.25, 0.3) is 0 Å². The highest BCUT2D eigenvalue weighted by molar-refractivity contribution is 5.72. The summed E-state index contributed by atoms with van der Waals surface area (Å²) in [5, 5.41) is 10.0.